The number of unbranched alkanes of at least 4 members (excludes halogenated alkanes) is 1. The average molecular weight is 414 g/mol. The largest absolute Gasteiger partial charge is 0.490 e. The van der Waals surface area contributed by atoms with Crippen molar-refractivity contribution in [1.29, 1.82) is 0 Å². The Kier molecular flexibility index (Phi) is 6.25. The number of nitrogens with one attached hydrogen (secondary N) is 1. The minimum atomic E-state index is 0.386. The minimum absolute atomic E-state index is 0.386. The first-order chi connectivity index (χ1) is 14.3. The van der Waals surface area contributed by atoms with Gasteiger partial charge < -0.3 is 15.0 Å². The van der Waals surface area contributed by atoms with Crippen molar-refractivity contribution in [1.82, 2.24) is 4.90 Å². The van der Waals surface area contributed by atoms with Crippen LogP contribution in [0.5, 0.6) is 5.75 Å². The molecule has 1 aromatic carbocycles. The van der Waals surface area contributed by atoms with Crippen molar-refractivity contribution >= 4 is 11.4 Å². The van der Waals surface area contributed by atoms with E-state index in [1.165, 1.54) is 68.7 Å². The van der Waals surface area contributed by atoms with E-state index >= 15 is 0 Å². The predicted octanol–water partition coefficient (Wildman–Crippen LogP) is 5.73. The highest BCUT2D eigenvalue weighted by atomic mass is 16.5. The fourth-order valence-corrected chi connectivity index (χ4v) is 6.45. The van der Waals surface area contributed by atoms with Crippen LogP contribution >= 0.6 is 0 Å². The maximum Gasteiger partial charge on any atom is 0.142 e. The first kappa shape index (κ1) is 21.8. The SMILES string of the molecule is CCCCN1CCN(c2cc3c(cc2C2CC(C)(C)CC(C)(C)C2)OCCN3)CC1. The topological polar surface area (TPSA) is 27.7 Å². The van der Waals surface area contributed by atoms with Gasteiger partial charge in [-0.2, -0.15) is 0 Å². The molecule has 0 spiro atoms. The molecule has 168 valence electrons. The Bertz CT molecular complexity index is 718. The van der Waals surface area contributed by atoms with E-state index in [2.05, 4.69) is 61.9 Å². The van der Waals surface area contributed by atoms with Crippen molar-refractivity contribution in [2.75, 3.05) is 56.1 Å². The zero-order valence-electron chi connectivity index (χ0n) is 20.0. The van der Waals surface area contributed by atoms with Crippen LogP contribution in [0.1, 0.15) is 78.2 Å². The first-order valence-corrected chi connectivity index (χ1v) is 12.3. The fourth-order valence-electron chi connectivity index (χ4n) is 6.45. The lowest BCUT2D eigenvalue weighted by Gasteiger charge is -2.46. The van der Waals surface area contributed by atoms with Crippen LogP contribution in [0.15, 0.2) is 12.1 Å². The summed E-state index contributed by atoms with van der Waals surface area (Å²) < 4.78 is 6.07. The molecule has 0 atom stereocenters. The third-order valence-electron chi connectivity index (χ3n) is 7.34. The second-order valence-corrected chi connectivity index (χ2v) is 11.5. The van der Waals surface area contributed by atoms with E-state index in [0.29, 0.717) is 16.7 Å². The van der Waals surface area contributed by atoms with Crippen molar-refractivity contribution < 1.29 is 4.74 Å². The van der Waals surface area contributed by atoms with Crippen LogP contribution in [0.4, 0.5) is 11.4 Å². The van der Waals surface area contributed by atoms with Gasteiger partial charge in [-0.1, -0.05) is 41.0 Å². The lowest BCUT2D eigenvalue weighted by Crippen LogP contribution is -2.47. The molecular weight excluding hydrogens is 370 g/mol. The second kappa shape index (κ2) is 8.61. The molecule has 0 radical (unpaired) electrons. The van der Waals surface area contributed by atoms with E-state index in [9.17, 15) is 0 Å². The summed E-state index contributed by atoms with van der Waals surface area (Å²) in [5.74, 6) is 1.66. The van der Waals surface area contributed by atoms with Gasteiger partial charge in [-0.15, -0.1) is 0 Å². The van der Waals surface area contributed by atoms with Gasteiger partial charge in [0.05, 0.1) is 5.69 Å². The molecule has 2 aliphatic heterocycles. The van der Waals surface area contributed by atoms with Crippen molar-refractivity contribution in [3.63, 3.8) is 0 Å². The van der Waals surface area contributed by atoms with E-state index < -0.39 is 0 Å². The molecule has 1 saturated carbocycles. The number of nitrogens with zero attached hydrogens (tertiary/aromatic N) is 2. The number of anilines is 2. The van der Waals surface area contributed by atoms with E-state index in [-0.39, 0.29) is 0 Å². The van der Waals surface area contributed by atoms with Crippen molar-refractivity contribution in [3.8, 4) is 5.75 Å². The number of piperazine rings is 1. The summed E-state index contributed by atoms with van der Waals surface area (Å²) in [5, 5.41) is 3.58. The molecule has 4 rings (SSSR count). The van der Waals surface area contributed by atoms with Gasteiger partial charge >= 0.3 is 0 Å². The average Bonchev–Trinajstić information content (AvgIpc) is 2.69. The van der Waals surface area contributed by atoms with Crippen LogP contribution in [0, 0.1) is 10.8 Å². The molecule has 1 aliphatic carbocycles. The molecule has 0 bridgehead atoms. The van der Waals surface area contributed by atoms with E-state index in [1.54, 1.807) is 0 Å². The molecular formula is C26H43N3O. The van der Waals surface area contributed by atoms with Crippen molar-refractivity contribution in [2.24, 2.45) is 10.8 Å². The normalized spacial score (nSPS) is 24.1. The molecule has 0 aromatic heterocycles. The number of ether oxygens (including phenoxy) is 1. The van der Waals surface area contributed by atoms with Gasteiger partial charge in [-0.3, -0.25) is 4.90 Å². The Morgan fingerprint density at radius 1 is 1.03 bits per heavy atom. The zero-order chi connectivity index (χ0) is 21.4. The summed E-state index contributed by atoms with van der Waals surface area (Å²) in [7, 11) is 0. The Morgan fingerprint density at radius 2 is 1.73 bits per heavy atom. The summed E-state index contributed by atoms with van der Waals surface area (Å²) in [4.78, 5) is 5.30. The standard InChI is InChI=1S/C26H43N3O/c1-6-7-9-28-10-12-29(13-11-28)23-16-22-24(30-14-8-27-22)15-21(23)20-17-25(2,3)19-26(4,5)18-20/h15-16,20,27H,6-14,17-19H2,1-5H3. The Labute approximate surface area is 184 Å². The highest BCUT2D eigenvalue weighted by Gasteiger charge is 2.40. The predicted molar refractivity (Wildman–Crippen MR) is 128 cm³/mol. The summed E-state index contributed by atoms with van der Waals surface area (Å²) in [6.07, 6.45) is 6.45. The van der Waals surface area contributed by atoms with Gasteiger partial charge in [0.1, 0.15) is 12.4 Å². The molecule has 4 nitrogen and oxygen atoms in total. The molecule has 1 aromatic rings. The molecule has 1 saturated heterocycles. The Balaban J connectivity index is 1.63. The molecule has 3 aliphatic rings. The smallest absolute Gasteiger partial charge is 0.142 e. The number of hydrogen-bond donors (Lipinski definition) is 1. The van der Waals surface area contributed by atoms with E-state index in [1.807, 2.05) is 0 Å². The lowest BCUT2D eigenvalue weighted by molar-refractivity contribution is 0.0968. The van der Waals surface area contributed by atoms with Crippen LogP contribution in [0.25, 0.3) is 0 Å². The molecule has 4 heteroatoms. The van der Waals surface area contributed by atoms with Gasteiger partial charge in [-0.05, 0) is 66.7 Å². The molecule has 0 unspecified atom stereocenters. The first-order valence-electron chi connectivity index (χ1n) is 12.3. The molecule has 1 N–H and O–H groups in total. The van der Waals surface area contributed by atoms with Crippen LogP contribution in [0.2, 0.25) is 0 Å². The highest BCUT2D eigenvalue weighted by molar-refractivity contribution is 5.71. The second-order valence-electron chi connectivity index (χ2n) is 11.5. The Morgan fingerprint density at radius 3 is 2.40 bits per heavy atom. The van der Waals surface area contributed by atoms with Gasteiger partial charge in [0.25, 0.3) is 0 Å². The van der Waals surface area contributed by atoms with Crippen LogP contribution in [-0.4, -0.2) is 50.8 Å². The minimum Gasteiger partial charge on any atom is -0.490 e. The maximum atomic E-state index is 6.07. The van der Waals surface area contributed by atoms with Gasteiger partial charge in [-0.25, -0.2) is 0 Å². The van der Waals surface area contributed by atoms with Crippen LogP contribution in [-0.2, 0) is 0 Å². The quantitative estimate of drug-likeness (QED) is 0.667. The fraction of sp³-hybridized carbons (Fsp3) is 0.769. The third-order valence-corrected chi connectivity index (χ3v) is 7.34. The summed E-state index contributed by atoms with van der Waals surface area (Å²) in [6, 6.07) is 4.79. The van der Waals surface area contributed by atoms with Crippen LogP contribution in [0.3, 0.4) is 0 Å². The summed E-state index contributed by atoms with van der Waals surface area (Å²) in [5.41, 5.74) is 4.94. The lowest BCUT2D eigenvalue weighted by atomic mass is 9.60. The monoisotopic (exact) mass is 413 g/mol. The van der Waals surface area contributed by atoms with Gasteiger partial charge in [0, 0.05) is 38.4 Å². The third kappa shape index (κ3) is 4.90. The molecule has 2 heterocycles. The Hall–Kier alpha value is -1.42. The number of fused-ring (bicyclic) bond motifs is 1. The number of benzene rings is 1. The number of rotatable bonds is 5. The highest BCUT2D eigenvalue weighted by Crippen LogP contribution is 2.54. The molecule has 2 fully saturated rings. The van der Waals surface area contributed by atoms with Crippen molar-refractivity contribution in [2.45, 2.75) is 72.6 Å². The zero-order valence-corrected chi connectivity index (χ0v) is 20.0. The summed E-state index contributed by atoms with van der Waals surface area (Å²) >= 11 is 0. The number of hydrogen-bond acceptors (Lipinski definition) is 4. The molecule has 30 heavy (non-hydrogen) atoms. The summed E-state index contributed by atoms with van der Waals surface area (Å²) in [6.45, 7) is 19.7. The van der Waals surface area contributed by atoms with Gasteiger partial charge in [0.15, 0.2) is 0 Å². The van der Waals surface area contributed by atoms with E-state index in [4.69, 9.17) is 4.74 Å². The molecule has 0 amide bonds. The van der Waals surface area contributed by atoms with E-state index in [0.717, 1.165) is 32.0 Å². The van der Waals surface area contributed by atoms with Gasteiger partial charge in [0.2, 0.25) is 0 Å². The maximum absolute atomic E-state index is 6.07. The van der Waals surface area contributed by atoms with Crippen molar-refractivity contribution in [3.05, 3.63) is 17.7 Å². The van der Waals surface area contributed by atoms with Crippen LogP contribution < -0.4 is 15.0 Å².